The van der Waals surface area contributed by atoms with Crippen molar-refractivity contribution in [2.45, 2.75) is 11.3 Å². The molecule has 146 valence electrons. The number of benzene rings is 3. The van der Waals surface area contributed by atoms with Crippen molar-refractivity contribution < 1.29 is 9.72 Å². The zero-order valence-electron chi connectivity index (χ0n) is 15.1. The van der Waals surface area contributed by atoms with Crippen LogP contribution in [0.25, 0.3) is 0 Å². The van der Waals surface area contributed by atoms with E-state index in [1.807, 2.05) is 48.5 Å². The van der Waals surface area contributed by atoms with Gasteiger partial charge in [0.05, 0.1) is 5.92 Å². The van der Waals surface area contributed by atoms with Gasteiger partial charge in [0.1, 0.15) is 5.41 Å². The fourth-order valence-corrected chi connectivity index (χ4v) is 4.76. The van der Waals surface area contributed by atoms with Gasteiger partial charge >= 0.3 is 0 Å². The Kier molecular flexibility index (Phi) is 5.03. The van der Waals surface area contributed by atoms with E-state index >= 15 is 0 Å². The third-order valence-corrected chi connectivity index (χ3v) is 5.94. The number of anilines is 1. The van der Waals surface area contributed by atoms with Crippen LogP contribution in [0, 0.1) is 10.1 Å². The zero-order valence-corrected chi connectivity index (χ0v) is 16.7. The summed E-state index contributed by atoms with van der Waals surface area (Å²) < 4.78 is 0. The number of hydrogen-bond donors (Lipinski definition) is 1. The molecule has 0 aliphatic carbocycles. The van der Waals surface area contributed by atoms with Crippen molar-refractivity contribution in [3.63, 3.8) is 0 Å². The van der Waals surface area contributed by atoms with Crippen LogP contribution in [0.2, 0.25) is 10.0 Å². The summed E-state index contributed by atoms with van der Waals surface area (Å²) in [7, 11) is 0. The van der Waals surface area contributed by atoms with Gasteiger partial charge in [0.25, 0.3) is 0 Å². The summed E-state index contributed by atoms with van der Waals surface area (Å²) in [6.07, 6.45) is 0. The van der Waals surface area contributed by atoms with Gasteiger partial charge < -0.3 is 5.32 Å². The van der Waals surface area contributed by atoms with Crippen LogP contribution >= 0.6 is 23.2 Å². The highest BCUT2D eigenvalue weighted by atomic mass is 35.5. The third kappa shape index (κ3) is 3.16. The van der Waals surface area contributed by atoms with Gasteiger partial charge in [0, 0.05) is 20.7 Å². The van der Waals surface area contributed by atoms with Gasteiger partial charge in [-0.25, -0.2) is 0 Å². The van der Waals surface area contributed by atoms with E-state index < -0.39 is 22.8 Å². The van der Waals surface area contributed by atoms with Gasteiger partial charge in [-0.1, -0.05) is 77.8 Å². The van der Waals surface area contributed by atoms with Crippen LogP contribution in [0.1, 0.15) is 22.6 Å². The summed E-state index contributed by atoms with van der Waals surface area (Å²) in [5.41, 5.74) is 1.19. The van der Waals surface area contributed by atoms with Crippen LogP contribution < -0.4 is 5.32 Å². The first-order valence-electron chi connectivity index (χ1n) is 8.98. The van der Waals surface area contributed by atoms with E-state index in [0.717, 1.165) is 0 Å². The van der Waals surface area contributed by atoms with Crippen LogP contribution in [-0.2, 0) is 10.2 Å². The van der Waals surface area contributed by atoms with Crippen molar-refractivity contribution in [1.29, 1.82) is 0 Å². The van der Waals surface area contributed by atoms with Gasteiger partial charge in [0.2, 0.25) is 12.5 Å². The first kappa shape index (κ1) is 19.4. The molecule has 1 aliphatic heterocycles. The Hall–Kier alpha value is -2.89. The van der Waals surface area contributed by atoms with Crippen LogP contribution in [0.5, 0.6) is 0 Å². The molecule has 0 saturated heterocycles. The number of carbonyl (C=O) groups excluding carboxylic acids is 1. The predicted molar refractivity (Wildman–Crippen MR) is 113 cm³/mol. The van der Waals surface area contributed by atoms with Crippen LogP contribution in [0.4, 0.5) is 5.69 Å². The van der Waals surface area contributed by atoms with Crippen molar-refractivity contribution in [2.75, 3.05) is 11.9 Å². The van der Waals surface area contributed by atoms with E-state index in [0.29, 0.717) is 27.4 Å². The molecule has 29 heavy (non-hydrogen) atoms. The molecule has 1 N–H and O–H groups in total. The molecule has 2 atom stereocenters. The van der Waals surface area contributed by atoms with E-state index in [9.17, 15) is 14.9 Å². The second-order valence-electron chi connectivity index (χ2n) is 6.91. The highest BCUT2D eigenvalue weighted by Crippen LogP contribution is 2.52. The first-order valence-corrected chi connectivity index (χ1v) is 9.73. The van der Waals surface area contributed by atoms with Crippen molar-refractivity contribution in [2.24, 2.45) is 0 Å². The minimum atomic E-state index is -1.30. The molecule has 0 aromatic heterocycles. The van der Waals surface area contributed by atoms with E-state index in [2.05, 4.69) is 5.32 Å². The lowest BCUT2D eigenvalue weighted by molar-refractivity contribution is -0.484. The topological polar surface area (TPSA) is 72.2 Å². The first-order chi connectivity index (χ1) is 13.9. The molecule has 1 aliphatic rings. The summed E-state index contributed by atoms with van der Waals surface area (Å²) >= 11 is 12.5. The molecule has 3 aromatic carbocycles. The lowest BCUT2D eigenvalue weighted by Gasteiger charge is -2.35. The molecule has 5 nitrogen and oxygen atoms in total. The number of fused-ring (bicyclic) bond motifs is 1. The largest absolute Gasteiger partial charge is 0.325 e. The highest BCUT2D eigenvalue weighted by Gasteiger charge is 2.56. The van der Waals surface area contributed by atoms with Crippen molar-refractivity contribution in [1.82, 2.24) is 0 Å². The maximum Gasteiger partial charge on any atom is 0.240 e. The molecule has 4 rings (SSSR count). The summed E-state index contributed by atoms with van der Waals surface area (Å²) in [4.78, 5) is 24.8. The number of nitro groups is 1. The van der Waals surface area contributed by atoms with E-state index in [-0.39, 0.29) is 10.9 Å². The maximum absolute atomic E-state index is 13.5. The van der Waals surface area contributed by atoms with E-state index in [4.69, 9.17) is 23.2 Å². The number of carbonyl (C=O) groups is 1. The van der Waals surface area contributed by atoms with Gasteiger partial charge in [-0.05, 0) is 34.9 Å². The molecule has 1 heterocycles. The van der Waals surface area contributed by atoms with E-state index in [1.165, 1.54) is 0 Å². The molecule has 1 amide bonds. The number of nitrogens with one attached hydrogen (secondary N) is 1. The Morgan fingerprint density at radius 2 is 1.69 bits per heavy atom. The second-order valence-corrected chi connectivity index (χ2v) is 7.75. The third-order valence-electron chi connectivity index (χ3n) is 5.38. The zero-order chi connectivity index (χ0) is 20.6. The Morgan fingerprint density at radius 3 is 2.38 bits per heavy atom. The molecule has 7 heteroatoms. The van der Waals surface area contributed by atoms with Gasteiger partial charge in [-0.3, -0.25) is 14.9 Å². The van der Waals surface area contributed by atoms with Crippen molar-refractivity contribution in [3.05, 3.63) is 110 Å². The normalized spacial score (nSPS) is 18.8. The Bertz CT molecular complexity index is 1100. The summed E-state index contributed by atoms with van der Waals surface area (Å²) in [6.45, 7) is -0.474. The predicted octanol–water partition coefficient (Wildman–Crippen LogP) is 5.29. The number of rotatable bonds is 5. The molecule has 3 aromatic rings. The number of halogens is 2. The monoisotopic (exact) mass is 426 g/mol. The minimum Gasteiger partial charge on any atom is -0.325 e. The fourth-order valence-electron chi connectivity index (χ4n) is 4.22. The van der Waals surface area contributed by atoms with Crippen molar-refractivity contribution >= 4 is 34.8 Å². The quantitative estimate of drug-likeness (QED) is 0.444. The maximum atomic E-state index is 13.5. The standard InChI is InChI=1S/C22H16Cl2N2O3/c23-15-10-11-16(19(24)12-15)18(13-26(28)29)22(14-6-2-1-3-7-14)17-8-4-5-9-20(17)25-21(22)27/h1-12,18H,13H2,(H,25,27)/t18-,22+/m1/s1. The molecule has 0 spiro atoms. The Labute approximate surface area is 177 Å². The number of amides is 1. The second kappa shape index (κ2) is 7.50. The molecular weight excluding hydrogens is 411 g/mol. The van der Waals surface area contributed by atoms with Crippen molar-refractivity contribution in [3.8, 4) is 0 Å². The molecule has 0 radical (unpaired) electrons. The molecule has 0 unspecified atom stereocenters. The molecule has 0 bridgehead atoms. The Balaban J connectivity index is 2.06. The molecule has 0 fully saturated rings. The lowest BCUT2D eigenvalue weighted by atomic mass is 9.64. The molecular formula is C22H16Cl2N2O3. The minimum absolute atomic E-state index is 0.289. The average Bonchev–Trinajstić information content (AvgIpc) is 2.99. The smallest absolute Gasteiger partial charge is 0.240 e. The van der Waals surface area contributed by atoms with Crippen LogP contribution in [0.3, 0.4) is 0 Å². The van der Waals surface area contributed by atoms with Gasteiger partial charge in [-0.15, -0.1) is 0 Å². The fraction of sp³-hybridized carbons (Fsp3) is 0.136. The summed E-state index contributed by atoms with van der Waals surface area (Å²) in [5, 5.41) is 15.3. The van der Waals surface area contributed by atoms with Gasteiger partial charge in [0.15, 0.2) is 0 Å². The van der Waals surface area contributed by atoms with E-state index in [1.54, 1.807) is 24.3 Å². The number of nitrogens with zero attached hydrogens (tertiary/aromatic N) is 1. The van der Waals surface area contributed by atoms with Crippen LogP contribution in [0.15, 0.2) is 72.8 Å². The van der Waals surface area contributed by atoms with Crippen LogP contribution in [-0.4, -0.2) is 17.4 Å². The molecule has 0 saturated carbocycles. The number of hydrogen-bond acceptors (Lipinski definition) is 3. The van der Waals surface area contributed by atoms with Gasteiger partial charge in [-0.2, -0.15) is 0 Å². The summed E-state index contributed by atoms with van der Waals surface area (Å²) in [5.74, 6) is -1.16. The summed E-state index contributed by atoms with van der Waals surface area (Å²) in [6, 6.07) is 21.2. The Morgan fingerprint density at radius 1 is 1.00 bits per heavy atom. The SMILES string of the molecule is O=C1Nc2ccccc2[C@@]1(c1ccccc1)[C@H](C[N+](=O)[O-])c1ccc(Cl)cc1Cl. The average molecular weight is 427 g/mol. The number of para-hydroxylation sites is 1. The highest BCUT2D eigenvalue weighted by molar-refractivity contribution is 6.35. The lowest BCUT2D eigenvalue weighted by Crippen LogP contribution is -2.44.